The van der Waals surface area contributed by atoms with Crippen molar-refractivity contribution >= 4 is 39.1 Å². The lowest BCUT2D eigenvalue weighted by molar-refractivity contribution is -0.151. The van der Waals surface area contributed by atoms with Crippen LogP contribution in [-0.4, -0.2) is 52.1 Å². The SMILES string of the molecule is COc1cccc(N2CC(C(=O)OC(C)C(=O)c3ccc(NS(C)(=O)=O)cc3)CC2=O)c1. The van der Waals surface area contributed by atoms with Gasteiger partial charge in [-0.25, -0.2) is 8.42 Å². The van der Waals surface area contributed by atoms with E-state index in [0.29, 0.717) is 17.1 Å². The molecule has 0 spiro atoms. The summed E-state index contributed by atoms with van der Waals surface area (Å²) < 4.78 is 35.4. The summed E-state index contributed by atoms with van der Waals surface area (Å²) in [5.41, 5.74) is 1.21. The number of anilines is 2. The third-order valence-corrected chi connectivity index (χ3v) is 5.56. The number of esters is 1. The number of nitrogens with one attached hydrogen (secondary N) is 1. The van der Waals surface area contributed by atoms with Crippen LogP contribution in [0.1, 0.15) is 23.7 Å². The maximum atomic E-state index is 12.6. The Balaban J connectivity index is 1.61. The standard InChI is InChI=1S/C22H24N2O7S/c1-14(21(26)15-7-9-17(10-8-15)23-32(3,28)29)31-22(27)16-11-20(25)24(13-16)18-5-4-6-19(12-18)30-2/h4-10,12,14,16,23H,11,13H2,1-3H3. The molecule has 1 saturated heterocycles. The maximum absolute atomic E-state index is 12.6. The van der Waals surface area contributed by atoms with Crippen molar-refractivity contribution in [2.24, 2.45) is 5.92 Å². The first kappa shape index (κ1) is 23.3. The van der Waals surface area contributed by atoms with Gasteiger partial charge in [0, 0.05) is 36.0 Å². The number of nitrogens with zero attached hydrogens (tertiary/aromatic N) is 1. The molecule has 0 saturated carbocycles. The van der Waals surface area contributed by atoms with Crippen LogP contribution in [0.5, 0.6) is 5.75 Å². The maximum Gasteiger partial charge on any atom is 0.312 e. The molecule has 0 bridgehead atoms. The van der Waals surface area contributed by atoms with Gasteiger partial charge in [0.25, 0.3) is 0 Å². The highest BCUT2D eigenvalue weighted by molar-refractivity contribution is 7.92. The minimum atomic E-state index is -3.43. The van der Waals surface area contributed by atoms with Crippen LogP contribution in [-0.2, 0) is 24.3 Å². The fourth-order valence-corrected chi connectivity index (χ4v) is 3.93. The van der Waals surface area contributed by atoms with Crippen LogP contribution in [0, 0.1) is 5.92 Å². The van der Waals surface area contributed by atoms with Crippen LogP contribution < -0.4 is 14.4 Å². The van der Waals surface area contributed by atoms with Crippen molar-refractivity contribution in [3.63, 3.8) is 0 Å². The number of ketones is 1. The third-order valence-electron chi connectivity index (χ3n) is 4.96. The average Bonchev–Trinajstić information content (AvgIpc) is 3.14. The second-order valence-corrected chi connectivity index (χ2v) is 9.25. The molecule has 1 N–H and O–H groups in total. The number of Topliss-reactive ketones (excluding diaryl/α,β-unsaturated/α-hetero) is 1. The van der Waals surface area contributed by atoms with Gasteiger partial charge in [0.05, 0.1) is 19.3 Å². The van der Waals surface area contributed by atoms with Crippen molar-refractivity contribution < 1.29 is 32.3 Å². The molecule has 10 heteroatoms. The molecule has 32 heavy (non-hydrogen) atoms. The van der Waals surface area contributed by atoms with Gasteiger partial charge in [0.15, 0.2) is 6.10 Å². The Labute approximate surface area is 186 Å². The fraction of sp³-hybridized carbons (Fsp3) is 0.318. The van der Waals surface area contributed by atoms with E-state index in [-0.39, 0.29) is 24.4 Å². The molecule has 9 nitrogen and oxygen atoms in total. The van der Waals surface area contributed by atoms with Gasteiger partial charge in [-0.05, 0) is 43.3 Å². The van der Waals surface area contributed by atoms with Gasteiger partial charge in [-0.3, -0.25) is 19.1 Å². The van der Waals surface area contributed by atoms with Gasteiger partial charge in [-0.2, -0.15) is 0 Å². The Kier molecular flexibility index (Phi) is 6.83. The Morgan fingerprint density at radius 2 is 1.84 bits per heavy atom. The monoisotopic (exact) mass is 460 g/mol. The molecular weight excluding hydrogens is 436 g/mol. The first-order chi connectivity index (χ1) is 15.1. The van der Waals surface area contributed by atoms with E-state index in [1.54, 1.807) is 24.3 Å². The van der Waals surface area contributed by atoms with Crippen LogP contribution in [0.2, 0.25) is 0 Å². The largest absolute Gasteiger partial charge is 0.497 e. The number of amides is 1. The average molecular weight is 461 g/mol. The molecule has 2 atom stereocenters. The zero-order valence-electron chi connectivity index (χ0n) is 17.9. The molecule has 2 aromatic rings. The highest BCUT2D eigenvalue weighted by Gasteiger charge is 2.37. The predicted molar refractivity (Wildman–Crippen MR) is 118 cm³/mol. The summed E-state index contributed by atoms with van der Waals surface area (Å²) in [5.74, 6) is -1.37. The summed E-state index contributed by atoms with van der Waals surface area (Å²) in [6, 6.07) is 12.8. The minimum Gasteiger partial charge on any atom is -0.497 e. The van der Waals surface area contributed by atoms with Gasteiger partial charge in [0.2, 0.25) is 21.7 Å². The van der Waals surface area contributed by atoms with Crippen LogP contribution in [0.15, 0.2) is 48.5 Å². The van der Waals surface area contributed by atoms with Gasteiger partial charge >= 0.3 is 5.97 Å². The Morgan fingerprint density at radius 3 is 2.47 bits per heavy atom. The van der Waals surface area contributed by atoms with Crippen molar-refractivity contribution in [1.29, 1.82) is 0 Å². The Hall–Kier alpha value is -3.40. The van der Waals surface area contributed by atoms with Crippen LogP contribution >= 0.6 is 0 Å². The number of benzene rings is 2. The zero-order chi connectivity index (χ0) is 23.5. The molecule has 2 unspecified atom stereocenters. The molecule has 1 aliphatic heterocycles. The number of methoxy groups -OCH3 is 1. The smallest absolute Gasteiger partial charge is 0.312 e. The second kappa shape index (κ2) is 9.39. The highest BCUT2D eigenvalue weighted by atomic mass is 32.2. The molecule has 1 fully saturated rings. The first-order valence-corrected chi connectivity index (χ1v) is 11.7. The second-order valence-electron chi connectivity index (χ2n) is 7.50. The van der Waals surface area contributed by atoms with Crippen molar-refractivity contribution in [1.82, 2.24) is 0 Å². The van der Waals surface area contributed by atoms with Gasteiger partial charge in [0.1, 0.15) is 5.75 Å². The minimum absolute atomic E-state index is 0.0111. The Morgan fingerprint density at radius 1 is 1.16 bits per heavy atom. The highest BCUT2D eigenvalue weighted by Crippen LogP contribution is 2.28. The summed E-state index contributed by atoms with van der Waals surface area (Å²) in [7, 11) is -1.90. The van der Waals surface area contributed by atoms with Crippen molar-refractivity contribution in [3.8, 4) is 5.75 Å². The van der Waals surface area contributed by atoms with E-state index >= 15 is 0 Å². The number of carbonyl (C=O) groups is 3. The molecule has 1 amide bonds. The molecule has 0 aliphatic carbocycles. The molecular formula is C22H24N2O7S. The van der Waals surface area contributed by atoms with Crippen LogP contribution in [0.25, 0.3) is 0 Å². The van der Waals surface area contributed by atoms with E-state index < -0.39 is 33.8 Å². The van der Waals surface area contributed by atoms with E-state index in [9.17, 15) is 22.8 Å². The van der Waals surface area contributed by atoms with E-state index in [2.05, 4.69) is 4.72 Å². The van der Waals surface area contributed by atoms with Crippen molar-refractivity contribution in [2.75, 3.05) is 29.5 Å². The van der Waals surface area contributed by atoms with Gasteiger partial charge < -0.3 is 14.4 Å². The van der Waals surface area contributed by atoms with E-state index in [1.807, 2.05) is 0 Å². The molecule has 1 aliphatic rings. The molecule has 0 radical (unpaired) electrons. The van der Waals surface area contributed by atoms with Gasteiger partial charge in [-0.15, -0.1) is 0 Å². The molecule has 1 heterocycles. The molecule has 170 valence electrons. The normalized spacial score (nSPS) is 17.0. The quantitative estimate of drug-likeness (QED) is 0.474. The number of hydrogen-bond donors (Lipinski definition) is 1. The zero-order valence-corrected chi connectivity index (χ0v) is 18.7. The van der Waals surface area contributed by atoms with E-state index in [0.717, 1.165) is 6.26 Å². The lowest BCUT2D eigenvalue weighted by Crippen LogP contribution is -2.30. The summed E-state index contributed by atoms with van der Waals surface area (Å²) in [5, 5.41) is 0. The first-order valence-electron chi connectivity index (χ1n) is 9.84. The van der Waals surface area contributed by atoms with Crippen LogP contribution in [0.4, 0.5) is 11.4 Å². The lowest BCUT2D eigenvalue weighted by atomic mass is 10.1. The summed E-state index contributed by atoms with van der Waals surface area (Å²) in [4.78, 5) is 39.1. The third kappa shape index (κ3) is 5.64. The molecule has 0 aromatic heterocycles. The summed E-state index contributed by atoms with van der Waals surface area (Å²) >= 11 is 0. The Bertz CT molecular complexity index is 1130. The van der Waals surface area contributed by atoms with Crippen molar-refractivity contribution in [3.05, 3.63) is 54.1 Å². The number of ether oxygens (including phenoxy) is 2. The molecule has 3 rings (SSSR count). The lowest BCUT2D eigenvalue weighted by Gasteiger charge is -2.18. The molecule has 2 aromatic carbocycles. The fourth-order valence-electron chi connectivity index (χ4n) is 3.37. The predicted octanol–water partition coefficient (Wildman–Crippen LogP) is 2.23. The number of rotatable bonds is 8. The summed E-state index contributed by atoms with van der Waals surface area (Å²) in [6.07, 6.45) is -0.0447. The van der Waals surface area contributed by atoms with E-state index in [1.165, 1.54) is 43.2 Å². The number of carbonyl (C=O) groups excluding carboxylic acids is 3. The number of sulfonamides is 1. The topological polar surface area (TPSA) is 119 Å². The van der Waals surface area contributed by atoms with Crippen LogP contribution in [0.3, 0.4) is 0 Å². The number of hydrogen-bond acceptors (Lipinski definition) is 7. The van der Waals surface area contributed by atoms with Crippen molar-refractivity contribution in [2.45, 2.75) is 19.4 Å². The summed E-state index contributed by atoms with van der Waals surface area (Å²) in [6.45, 7) is 1.61. The van der Waals surface area contributed by atoms with Gasteiger partial charge in [-0.1, -0.05) is 6.07 Å². The van der Waals surface area contributed by atoms with E-state index in [4.69, 9.17) is 9.47 Å².